The minimum atomic E-state index is -0.178. The molecule has 0 unspecified atom stereocenters. The molecule has 104 valence electrons. The zero-order valence-electron chi connectivity index (χ0n) is 11.2. The van der Waals surface area contributed by atoms with Gasteiger partial charge in [0.2, 0.25) is 0 Å². The molecule has 1 amide bonds. The van der Waals surface area contributed by atoms with Crippen molar-refractivity contribution in [2.75, 3.05) is 0 Å². The summed E-state index contributed by atoms with van der Waals surface area (Å²) in [7, 11) is 0. The lowest BCUT2D eigenvalue weighted by Crippen LogP contribution is -2.23. The van der Waals surface area contributed by atoms with Crippen molar-refractivity contribution >= 4 is 21.8 Å². The second kappa shape index (κ2) is 6.57. The predicted octanol–water partition coefficient (Wildman–Crippen LogP) is 3.53. The van der Waals surface area contributed by atoms with Crippen molar-refractivity contribution in [1.29, 1.82) is 0 Å². The van der Waals surface area contributed by atoms with E-state index in [9.17, 15) is 9.90 Å². The van der Waals surface area contributed by atoms with E-state index in [0.717, 1.165) is 10.9 Å². The summed E-state index contributed by atoms with van der Waals surface area (Å²) >= 11 is 3.41. The smallest absolute Gasteiger partial charge is 0.251 e. The van der Waals surface area contributed by atoms with Gasteiger partial charge in [-0.25, -0.2) is 0 Å². The van der Waals surface area contributed by atoms with E-state index in [-0.39, 0.29) is 11.7 Å². The van der Waals surface area contributed by atoms with Gasteiger partial charge < -0.3 is 10.4 Å². The van der Waals surface area contributed by atoms with Crippen molar-refractivity contribution in [3.63, 3.8) is 0 Å². The highest BCUT2D eigenvalue weighted by Gasteiger charge is 2.10. The van der Waals surface area contributed by atoms with Gasteiger partial charge in [-0.2, -0.15) is 0 Å². The van der Waals surface area contributed by atoms with E-state index in [1.807, 2.05) is 24.3 Å². The van der Waals surface area contributed by atoms with Gasteiger partial charge in [-0.15, -0.1) is 0 Å². The SMILES string of the molecule is Cc1c(O)cccc1C(=O)NCc1cccc(CBr)c1. The summed E-state index contributed by atoms with van der Waals surface area (Å²) in [6.07, 6.45) is 0. The normalized spacial score (nSPS) is 10.3. The molecule has 0 radical (unpaired) electrons. The van der Waals surface area contributed by atoms with Crippen LogP contribution in [-0.4, -0.2) is 11.0 Å². The minimum Gasteiger partial charge on any atom is -0.508 e. The van der Waals surface area contributed by atoms with Crippen LogP contribution < -0.4 is 5.32 Å². The van der Waals surface area contributed by atoms with E-state index < -0.39 is 0 Å². The monoisotopic (exact) mass is 333 g/mol. The van der Waals surface area contributed by atoms with Gasteiger partial charge in [-0.05, 0) is 30.2 Å². The quantitative estimate of drug-likeness (QED) is 0.841. The molecule has 0 aromatic heterocycles. The Morgan fingerprint density at radius 3 is 2.65 bits per heavy atom. The van der Waals surface area contributed by atoms with E-state index >= 15 is 0 Å². The molecule has 0 aliphatic carbocycles. The molecule has 0 bridgehead atoms. The molecule has 2 aromatic rings. The standard InChI is InChI=1S/C16H16BrNO2/c1-11-14(6-3-7-15(11)19)16(20)18-10-13-5-2-4-12(8-13)9-17/h2-8,19H,9-10H2,1H3,(H,18,20). The number of rotatable bonds is 4. The van der Waals surface area contributed by atoms with Crippen LogP contribution in [0.5, 0.6) is 5.75 Å². The Labute approximate surface area is 126 Å². The molecule has 20 heavy (non-hydrogen) atoms. The highest BCUT2D eigenvalue weighted by molar-refractivity contribution is 9.08. The van der Waals surface area contributed by atoms with E-state index in [2.05, 4.69) is 21.2 Å². The number of amides is 1. The number of phenolic OH excluding ortho intramolecular Hbond substituents is 1. The van der Waals surface area contributed by atoms with Crippen molar-refractivity contribution < 1.29 is 9.90 Å². The van der Waals surface area contributed by atoms with Gasteiger partial charge in [0.1, 0.15) is 5.75 Å². The van der Waals surface area contributed by atoms with E-state index in [4.69, 9.17) is 0 Å². The summed E-state index contributed by atoms with van der Waals surface area (Å²) in [4.78, 5) is 12.1. The Hall–Kier alpha value is -1.81. The number of hydrogen-bond donors (Lipinski definition) is 2. The van der Waals surface area contributed by atoms with Crippen molar-refractivity contribution in [3.8, 4) is 5.75 Å². The Kier molecular flexibility index (Phi) is 4.79. The first-order valence-corrected chi connectivity index (χ1v) is 7.44. The second-order valence-electron chi connectivity index (χ2n) is 4.59. The van der Waals surface area contributed by atoms with Crippen LogP contribution in [-0.2, 0) is 11.9 Å². The number of nitrogens with one attached hydrogen (secondary N) is 1. The summed E-state index contributed by atoms with van der Waals surface area (Å²) in [5.41, 5.74) is 3.32. The first kappa shape index (κ1) is 14.6. The van der Waals surface area contributed by atoms with Crippen LogP contribution in [0.2, 0.25) is 0 Å². The number of phenols is 1. The van der Waals surface area contributed by atoms with Crippen LogP contribution in [0, 0.1) is 6.92 Å². The van der Waals surface area contributed by atoms with Crippen LogP contribution >= 0.6 is 15.9 Å². The van der Waals surface area contributed by atoms with Gasteiger partial charge in [-0.1, -0.05) is 46.3 Å². The average Bonchev–Trinajstić information content (AvgIpc) is 2.48. The lowest BCUT2D eigenvalue weighted by atomic mass is 10.1. The maximum atomic E-state index is 12.1. The fourth-order valence-corrected chi connectivity index (χ4v) is 2.32. The first-order chi connectivity index (χ1) is 9.61. The number of benzene rings is 2. The summed E-state index contributed by atoms with van der Waals surface area (Å²) in [5.74, 6) is -0.0402. The number of hydrogen-bond acceptors (Lipinski definition) is 2. The molecular formula is C16H16BrNO2. The molecule has 2 N–H and O–H groups in total. The van der Waals surface area contributed by atoms with Crippen molar-refractivity contribution in [1.82, 2.24) is 5.32 Å². The number of carbonyl (C=O) groups excluding carboxylic acids is 1. The van der Waals surface area contributed by atoms with Gasteiger partial charge in [0.05, 0.1) is 0 Å². The molecule has 0 saturated carbocycles. The highest BCUT2D eigenvalue weighted by atomic mass is 79.9. The largest absolute Gasteiger partial charge is 0.508 e. The molecule has 2 rings (SSSR count). The third-order valence-electron chi connectivity index (χ3n) is 3.15. The zero-order chi connectivity index (χ0) is 14.5. The fourth-order valence-electron chi connectivity index (χ4n) is 1.97. The highest BCUT2D eigenvalue weighted by Crippen LogP contribution is 2.19. The summed E-state index contributed by atoms with van der Waals surface area (Å²) < 4.78 is 0. The van der Waals surface area contributed by atoms with Crippen molar-refractivity contribution in [2.45, 2.75) is 18.8 Å². The number of alkyl halides is 1. The van der Waals surface area contributed by atoms with Crippen LogP contribution in [0.3, 0.4) is 0 Å². The Morgan fingerprint density at radius 1 is 1.20 bits per heavy atom. The van der Waals surface area contributed by atoms with Crippen LogP contribution in [0.1, 0.15) is 27.0 Å². The molecule has 3 nitrogen and oxygen atoms in total. The zero-order valence-corrected chi connectivity index (χ0v) is 12.8. The third-order valence-corrected chi connectivity index (χ3v) is 3.80. The molecule has 0 aliphatic heterocycles. The van der Waals surface area contributed by atoms with Gasteiger partial charge in [0.15, 0.2) is 0 Å². The number of aromatic hydroxyl groups is 1. The summed E-state index contributed by atoms with van der Waals surface area (Å²) in [6, 6.07) is 13.0. The topological polar surface area (TPSA) is 49.3 Å². The van der Waals surface area contributed by atoms with Gasteiger partial charge in [0, 0.05) is 23.0 Å². The molecule has 2 aromatic carbocycles. The maximum absolute atomic E-state index is 12.1. The number of carbonyl (C=O) groups is 1. The predicted molar refractivity (Wildman–Crippen MR) is 83.1 cm³/mol. The van der Waals surface area contributed by atoms with Gasteiger partial charge in [0.25, 0.3) is 5.91 Å². The molecule has 0 heterocycles. The van der Waals surface area contributed by atoms with Crippen LogP contribution in [0.4, 0.5) is 0 Å². The molecule has 4 heteroatoms. The lowest BCUT2D eigenvalue weighted by molar-refractivity contribution is 0.0950. The fraction of sp³-hybridized carbons (Fsp3) is 0.188. The average molecular weight is 334 g/mol. The first-order valence-electron chi connectivity index (χ1n) is 6.32. The summed E-state index contributed by atoms with van der Waals surface area (Å²) in [6.45, 7) is 2.20. The molecule has 0 saturated heterocycles. The minimum absolute atomic E-state index is 0.138. The van der Waals surface area contributed by atoms with E-state index in [1.54, 1.807) is 25.1 Å². The second-order valence-corrected chi connectivity index (χ2v) is 5.15. The van der Waals surface area contributed by atoms with Crippen molar-refractivity contribution in [3.05, 3.63) is 64.7 Å². The maximum Gasteiger partial charge on any atom is 0.251 e. The lowest BCUT2D eigenvalue weighted by Gasteiger charge is -2.09. The Balaban J connectivity index is 2.06. The van der Waals surface area contributed by atoms with E-state index in [0.29, 0.717) is 17.7 Å². The summed E-state index contributed by atoms with van der Waals surface area (Å²) in [5, 5.41) is 13.3. The number of halogens is 1. The molecular weight excluding hydrogens is 318 g/mol. The van der Waals surface area contributed by atoms with Crippen LogP contribution in [0.15, 0.2) is 42.5 Å². The molecule has 0 atom stereocenters. The van der Waals surface area contributed by atoms with Crippen molar-refractivity contribution in [2.24, 2.45) is 0 Å². The van der Waals surface area contributed by atoms with Crippen LogP contribution in [0.25, 0.3) is 0 Å². The van der Waals surface area contributed by atoms with Gasteiger partial charge in [-0.3, -0.25) is 4.79 Å². The van der Waals surface area contributed by atoms with E-state index in [1.165, 1.54) is 5.56 Å². The Bertz CT molecular complexity index is 626. The third kappa shape index (κ3) is 3.39. The molecule has 0 fully saturated rings. The Morgan fingerprint density at radius 2 is 1.90 bits per heavy atom. The molecule has 0 spiro atoms. The van der Waals surface area contributed by atoms with Gasteiger partial charge >= 0.3 is 0 Å². The molecule has 0 aliphatic rings.